The first kappa shape index (κ1) is 22.1. The zero-order chi connectivity index (χ0) is 23.9. The molecular weight excluding hydrogens is 464 g/mol. The molecule has 8 nitrogen and oxygen atoms in total. The normalized spacial score (nSPS) is 15.1. The van der Waals surface area contributed by atoms with Gasteiger partial charge in [0.05, 0.1) is 16.8 Å². The first-order valence-corrected chi connectivity index (χ1v) is 11.9. The zero-order valence-corrected chi connectivity index (χ0v) is 18.6. The van der Waals surface area contributed by atoms with Gasteiger partial charge in [-0.15, -0.1) is 0 Å². The molecule has 0 spiro atoms. The van der Waals surface area contributed by atoms with Crippen LogP contribution in [0, 0.1) is 11.6 Å². The number of hydrogen-bond donors (Lipinski definition) is 0. The summed E-state index contributed by atoms with van der Waals surface area (Å²) in [6.45, 7) is 0.318. The van der Waals surface area contributed by atoms with E-state index in [1.165, 1.54) is 11.1 Å². The van der Waals surface area contributed by atoms with Gasteiger partial charge in [0.15, 0.2) is 17.3 Å². The van der Waals surface area contributed by atoms with Crippen LogP contribution in [0.3, 0.4) is 0 Å². The number of aromatic nitrogens is 3. The number of nitrogens with zero attached hydrogens (tertiary/aromatic N) is 5. The van der Waals surface area contributed by atoms with Crippen molar-refractivity contribution in [2.75, 3.05) is 26.2 Å². The van der Waals surface area contributed by atoms with Crippen molar-refractivity contribution in [2.24, 2.45) is 0 Å². The third kappa shape index (κ3) is 3.82. The number of carbonyl (C=O) groups excluding carboxylic acids is 1. The third-order valence-corrected chi connectivity index (χ3v) is 7.65. The Hall–Kier alpha value is -3.70. The maximum absolute atomic E-state index is 13.5. The molecule has 0 radical (unpaired) electrons. The highest BCUT2D eigenvalue weighted by Crippen LogP contribution is 2.23. The van der Waals surface area contributed by atoms with Crippen molar-refractivity contribution in [2.45, 2.75) is 4.90 Å². The Labute approximate surface area is 194 Å². The monoisotopic (exact) mass is 483 g/mol. The fraction of sp³-hybridized carbons (Fsp3) is 0.174. The summed E-state index contributed by atoms with van der Waals surface area (Å²) in [5, 5.41) is 4.35. The number of rotatable bonds is 4. The lowest BCUT2D eigenvalue weighted by atomic mass is 10.1. The van der Waals surface area contributed by atoms with Crippen LogP contribution >= 0.6 is 0 Å². The van der Waals surface area contributed by atoms with Crippen LogP contribution in [0.1, 0.15) is 10.4 Å². The van der Waals surface area contributed by atoms with Gasteiger partial charge in [-0.25, -0.2) is 26.7 Å². The minimum absolute atomic E-state index is 0.0228. The molecule has 2 aromatic carbocycles. The number of benzene rings is 2. The minimum Gasteiger partial charge on any atom is -0.336 e. The molecule has 174 valence electrons. The Morgan fingerprint density at radius 2 is 1.65 bits per heavy atom. The Morgan fingerprint density at radius 1 is 0.912 bits per heavy atom. The van der Waals surface area contributed by atoms with Crippen LogP contribution in [-0.4, -0.2) is 64.3 Å². The molecule has 0 unspecified atom stereocenters. The van der Waals surface area contributed by atoms with Crippen molar-refractivity contribution in [3.8, 4) is 11.3 Å². The maximum atomic E-state index is 13.5. The first-order chi connectivity index (χ1) is 16.4. The number of fused-ring (bicyclic) bond motifs is 1. The fourth-order valence-electron chi connectivity index (χ4n) is 3.96. The van der Waals surface area contributed by atoms with Gasteiger partial charge >= 0.3 is 0 Å². The lowest BCUT2D eigenvalue weighted by molar-refractivity contribution is 0.0699. The summed E-state index contributed by atoms with van der Waals surface area (Å²) in [4.78, 5) is 18.7. The van der Waals surface area contributed by atoms with Gasteiger partial charge in [0.25, 0.3) is 5.91 Å². The van der Waals surface area contributed by atoms with Crippen molar-refractivity contribution in [1.82, 2.24) is 23.8 Å². The van der Waals surface area contributed by atoms with Crippen LogP contribution in [0.15, 0.2) is 71.9 Å². The molecule has 1 fully saturated rings. The summed E-state index contributed by atoms with van der Waals surface area (Å²) in [5.74, 6) is -2.66. The number of piperazine rings is 1. The van der Waals surface area contributed by atoms with Gasteiger partial charge in [-0.05, 0) is 24.3 Å². The molecule has 0 N–H and O–H groups in total. The number of carbonyl (C=O) groups is 1. The first-order valence-electron chi connectivity index (χ1n) is 10.5. The summed E-state index contributed by atoms with van der Waals surface area (Å²) in [6, 6.07) is 13.9. The molecule has 2 aromatic heterocycles. The summed E-state index contributed by atoms with van der Waals surface area (Å²) in [7, 11) is -4.02. The van der Waals surface area contributed by atoms with E-state index in [4.69, 9.17) is 0 Å². The minimum atomic E-state index is -4.02. The number of sulfonamides is 1. The molecule has 34 heavy (non-hydrogen) atoms. The van der Waals surface area contributed by atoms with Crippen LogP contribution in [0.5, 0.6) is 0 Å². The molecule has 11 heteroatoms. The smallest absolute Gasteiger partial charge is 0.259 e. The summed E-state index contributed by atoms with van der Waals surface area (Å²) < 4.78 is 55.1. The molecular formula is C23H19F2N5O3S. The van der Waals surface area contributed by atoms with Crippen molar-refractivity contribution < 1.29 is 22.0 Å². The average molecular weight is 484 g/mol. The average Bonchev–Trinajstić information content (AvgIpc) is 3.30. The summed E-state index contributed by atoms with van der Waals surface area (Å²) >= 11 is 0. The molecule has 0 bridgehead atoms. The van der Waals surface area contributed by atoms with E-state index in [1.807, 2.05) is 36.4 Å². The predicted molar refractivity (Wildman–Crippen MR) is 119 cm³/mol. The van der Waals surface area contributed by atoms with Crippen molar-refractivity contribution in [1.29, 1.82) is 0 Å². The molecule has 3 heterocycles. The second-order valence-electron chi connectivity index (χ2n) is 7.76. The predicted octanol–water partition coefficient (Wildman–Crippen LogP) is 2.82. The molecule has 4 aromatic rings. The highest BCUT2D eigenvalue weighted by Gasteiger charge is 2.32. The molecule has 1 aliphatic heterocycles. The molecule has 1 aliphatic rings. The number of amides is 1. The lowest BCUT2D eigenvalue weighted by Crippen LogP contribution is -2.50. The van der Waals surface area contributed by atoms with Gasteiger partial charge in [0.2, 0.25) is 10.0 Å². The Morgan fingerprint density at radius 3 is 2.35 bits per heavy atom. The van der Waals surface area contributed by atoms with Crippen LogP contribution in [-0.2, 0) is 10.0 Å². The second-order valence-corrected chi connectivity index (χ2v) is 9.70. The van der Waals surface area contributed by atoms with Gasteiger partial charge in [-0.2, -0.15) is 9.40 Å². The van der Waals surface area contributed by atoms with Gasteiger partial charge in [0, 0.05) is 37.9 Å². The van der Waals surface area contributed by atoms with Crippen LogP contribution < -0.4 is 0 Å². The van der Waals surface area contributed by atoms with E-state index in [9.17, 15) is 22.0 Å². The van der Waals surface area contributed by atoms with Gasteiger partial charge in [-0.1, -0.05) is 30.3 Å². The van der Waals surface area contributed by atoms with Crippen molar-refractivity contribution in [3.63, 3.8) is 0 Å². The lowest BCUT2D eigenvalue weighted by Gasteiger charge is -2.33. The Kier molecular flexibility index (Phi) is 5.58. The van der Waals surface area contributed by atoms with E-state index in [2.05, 4.69) is 10.1 Å². The standard InChI is InChI=1S/C23H19F2N5O3S/c24-19-7-6-17(14-20(19)25)34(32,33)29-12-10-28(11-13-29)23(31)18-15-27-30-21(8-9-26-22(18)30)16-4-2-1-3-5-16/h1-9,14-15H,10-13H2. The van der Waals surface area contributed by atoms with E-state index < -0.39 is 21.7 Å². The molecule has 1 amide bonds. The molecule has 5 rings (SSSR count). The molecule has 0 saturated carbocycles. The van der Waals surface area contributed by atoms with E-state index in [1.54, 1.807) is 10.7 Å². The number of hydrogen-bond acceptors (Lipinski definition) is 5. The maximum Gasteiger partial charge on any atom is 0.259 e. The zero-order valence-electron chi connectivity index (χ0n) is 17.8. The van der Waals surface area contributed by atoms with E-state index in [0.29, 0.717) is 17.3 Å². The highest BCUT2D eigenvalue weighted by atomic mass is 32.2. The van der Waals surface area contributed by atoms with Crippen LogP contribution in [0.4, 0.5) is 8.78 Å². The largest absolute Gasteiger partial charge is 0.336 e. The van der Waals surface area contributed by atoms with Crippen LogP contribution in [0.2, 0.25) is 0 Å². The second kappa shape index (κ2) is 8.58. The quantitative estimate of drug-likeness (QED) is 0.446. The van der Waals surface area contributed by atoms with Crippen LogP contribution in [0.25, 0.3) is 16.9 Å². The summed E-state index contributed by atoms with van der Waals surface area (Å²) in [5.41, 5.74) is 2.43. The SMILES string of the molecule is O=C(c1cnn2c(-c3ccccc3)ccnc12)N1CCN(S(=O)(=O)c2ccc(F)c(F)c2)CC1. The van der Waals surface area contributed by atoms with Crippen molar-refractivity contribution >= 4 is 21.6 Å². The highest BCUT2D eigenvalue weighted by molar-refractivity contribution is 7.89. The topological polar surface area (TPSA) is 87.9 Å². The van der Waals surface area contributed by atoms with E-state index in [0.717, 1.165) is 27.7 Å². The van der Waals surface area contributed by atoms with Gasteiger partial charge in [0.1, 0.15) is 5.56 Å². The summed E-state index contributed by atoms with van der Waals surface area (Å²) in [6.07, 6.45) is 3.07. The molecule has 0 aliphatic carbocycles. The molecule has 0 atom stereocenters. The Bertz CT molecular complexity index is 1480. The van der Waals surface area contributed by atoms with Crippen molar-refractivity contribution in [3.05, 3.63) is 84.2 Å². The van der Waals surface area contributed by atoms with Gasteiger partial charge in [-0.3, -0.25) is 4.79 Å². The van der Waals surface area contributed by atoms with Gasteiger partial charge < -0.3 is 4.90 Å². The fourth-order valence-corrected chi connectivity index (χ4v) is 5.39. The Balaban J connectivity index is 1.35. The van der Waals surface area contributed by atoms with E-state index >= 15 is 0 Å². The number of halogens is 2. The molecule has 1 saturated heterocycles. The third-order valence-electron chi connectivity index (χ3n) is 5.76. The van der Waals surface area contributed by atoms with E-state index in [-0.39, 0.29) is 37.0 Å².